The molecule has 0 fully saturated rings. The van der Waals surface area contributed by atoms with Crippen LogP contribution in [-0.4, -0.2) is 31.2 Å². The zero-order valence-electron chi connectivity index (χ0n) is 11.6. The summed E-state index contributed by atoms with van der Waals surface area (Å²) < 4.78 is 0.661. The second-order valence-corrected chi connectivity index (χ2v) is 6.84. The SMILES string of the molecule is CC(=O)Nc1nc(C(C)(C)C(=O)c2ccccc2)c[se]1. The van der Waals surface area contributed by atoms with Gasteiger partial charge in [-0.25, -0.2) is 0 Å². The Morgan fingerprint density at radius 3 is 2.45 bits per heavy atom. The average Bonchev–Trinajstić information content (AvgIpc) is 2.87. The maximum absolute atomic E-state index is 12.6. The van der Waals surface area contributed by atoms with Crippen LogP contribution in [0.15, 0.2) is 35.3 Å². The quantitative estimate of drug-likeness (QED) is 0.689. The number of hydrogen-bond donors (Lipinski definition) is 1. The number of carbonyl (C=O) groups is 2. The molecule has 0 aliphatic rings. The van der Waals surface area contributed by atoms with Crippen LogP contribution in [-0.2, 0) is 10.2 Å². The molecule has 104 valence electrons. The molecule has 2 aromatic rings. The summed E-state index contributed by atoms with van der Waals surface area (Å²) in [6.45, 7) is 5.19. The Bertz CT molecular complexity index is 632. The predicted molar refractivity (Wildman–Crippen MR) is 79.3 cm³/mol. The predicted octanol–water partition coefficient (Wildman–Crippen LogP) is 2.26. The minimum atomic E-state index is -0.691. The van der Waals surface area contributed by atoms with Gasteiger partial charge in [-0.2, -0.15) is 0 Å². The molecule has 0 aliphatic heterocycles. The summed E-state index contributed by atoms with van der Waals surface area (Å²) in [5, 5.41) is 2.70. The van der Waals surface area contributed by atoms with Crippen molar-refractivity contribution in [3.63, 3.8) is 0 Å². The molecule has 20 heavy (non-hydrogen) atoms. The van der Waals surface area contributed by atoms with Gasteiger partial charge in [-0.15, -0.1) is 0 Å². The van der Waals surface area contributed by atoms with Gasteiger partial charge in [-0.05, 0) is 0 Å². The molecule has 0 spiro atoms. The van der Waals surface area contributed by atoms with Crippen molar-refractivity contribution >= 4 is 30.9 Å². The molecule has 1 aromatic heterocycles. The van der Waals surface area contributed by atoms with Crippen LogP contribution in [0.5, 0.6) is 0 Å². The van der Waals surface area contributed by atoms with Gasteiger partial charge in [0.15, 0.2) is 0 Å². The number of aromatic nitrogens is 1. The van der Waals surface area contributed by atoms with Gasteiger partial charge in [0.1, 0.15) is 0 Å². The molecule has 0 aliphatic carbocycles. The normalized spacial score (nSPS) is 11.2. The van der Waals surface area contributed by atoms with Gasteiger partial charge in [0, 0.05) is 0 Å². The van der Waals surface area contributed by atoms with Crippen molar-refractivity contribution in [3.8, 4) is 0 Å². The molecule has 1 heterocycles. The monoisotopic (exact) mass is 336 g/mol. The fraction of sp³-hybridized carbons (Fsp3) is 0.267. The third-order valence-corrected chi connectivity index (χ3v) is 4.62. The first kappa shape index (κ1) is 14.7. The summed E-state index contributed by atoms with van der Waals surface area (Å²) in [6.07, 6.45) is 0. The minimum absolute atomic E-state index is 0.0186. The number of carbonyl (C=O) groups excluding carboxylic acids is 2. The molecule has 0 atom stereocenters. The van der Waals surface area contributed by atoms with Gasteiger partial charge < -0.3 is 0 Å². The number of anilines is 1. The molecule has 0 bridgehead atoms. The Kier molecular flexibility index (Phi) is 4.21. The molecule has 0 radical (unpaired) electrons. The zero-order chi connectivity index (χ0) is 14.8. The van der Waals surface area contributed by atoms with E-state index in [1.165, 1.54) is 6.92 Å². The van der Waals surface area contributed by atoms with E-state index < -0.39 is 5.41 Å². The van der Waals surface area contributed by atoms with Crippen molar-refractivity contribution < 1.29 is 9.59 Å². The standard InChI is InChI=1S/C15H16N2O2Se/c1-10(18)16-14-17-12(9-20-14)15(2,3)13(19)11-7-5-4-6-8-11/h4-9H,1-3H3,(H,16,17,18). The van der Waals surface area contributed by atoms with Crippen LogP contribution in [0.25, 0.3) is 0 Å². The molecule has 0 unspecified atom stereocenters. The van der Waals surface area contributed by atoms with E-state index in [0.717, 1.165) is 5.69 Å². The molecular formula is C15H16N2O2Se. The molecule has 0 saturated heterocycles. The van der Waals surface area contributed by atoms with Crippen molar-refractivity contribution in [2.24, 2.45) is 0 Å². The maximum atomic E-state index is 12.6. The Hall–Kier alpha value is -1.71. The second kappa shape index (κ2) is 5.73. The number of benzene rings is 1. The van der Waals surface area contributed by atoms with Crippen LogP contribution in [0.1, 0.15) is 36.8 Å². The van der Waals surface area contributed by atoms with E-state index in [0.29, 0.717) is 10.3 Å². The summed E-state index contributed by atoms with van der Waals surface area (Å²) in [5.41, 5.74) is 0.715. The summed E-state index contributed by atoms with van der Waals surface area (Å²) in [4.78, 5) is 30.0. The van der Waals surface area contributed by atoms with E-state index in [-0.39, 0.29) is 26.2 Å². The van der Waals surface area contributed by atoms with Crippen LogP contribution in [0.2, 0.25) is 0 Å². The molecule has 1 N–H and O–H groups in total. The number of hydrogen-bond acceptors (Lipinski definition) is 3. The number of nitrogens with zero attached hydrogens (tertiary/aromatic N) is 1. The van der Waals surface area contributed by atoms with Crippen LogP contribution in [0, 0.1) is 0 Å². The first-order chi connectivity index (χ1) is 9.41. The van der Waals surface area contributed by atoms with Gasteiger partial charge >= 0.3 is 123 Å². The number of nitrogens with one attached hydrogen (secondary N) is 1. The number of amides is 1. The second-order valence-electron chi connectivity index (χ2n) is 5.04. The molecule has 4 nitrogen and oxygen atoms in total. The van der Waals surface area contributed by atoms with Gasteiger partial charge in [0.25, 0.3) is 0 Å². The Labute approximate surface area is 124 Å². The fourth-order valence-corrected chi connectivity index (χ4v) is 3.77. The molecule has 5 heteroatoms. The van der Waals surface area contributed by atoms with Crippen molar-refractivity contribution in [3.05, 3.63) is 46.5 Å². The third kappa shape index (κ3) is 3.06. The first-order valence-electron chi connectivity index (χ1n) is 6.24. The molecular weight excluding hydrogens is 319 g/mol. The number of ketones is 1. The van der Waals surface area contributed by atoms with Crippen LogP contribution in [0.3, 0.4) is 0 Å². The molecule has 0 saturated carbocycles. The van der Waals surface area contributed by atoms with Crippen LogP contribution in [0.4, 0.5) is 4.69 Å². The Morgan fingerprint density at radius 2 is 1.85 bits per heavy atom. The van der Waals surface area contributed by atoms with E-state index in [1.54, 1.807) is 0 Å². The summed E-state index contributed by atoms with van der Waals surface area (Å²) in [6, 6.07) is 9.20. The Morgan fingerprint density at radius 1 is 1.20 bits per heavy atom. The van der Waals surface area contributed by atoms with Gasteiger partial charge in [0.05, 0.1) is 0 Å². The number of rotatable bonds is 4. The van der Waals surface area contributed by atoms with Gasteiger partial charge in [-0.1, -0.05) is 0 Å². The van der Waals surface area contributed by atoms with Crippen molar-refractivity contribution in [1.82, 2.24) is 4.98 Å². The van der Waals surface area contributed by atoms with Gasteiger partial charge in [0.2, 0.25) is 0 Å². The Balaban J connectivity index is 2.28. The molecule has 1 aromatic carbocycles. The van der Waals surface area contributed by atoms with E-state index in [2.05, 4.69) is 10.3 Å². The van der Waals surface area contributed by atoms with Crippen LogP contribution < -0.4 is 5.32 Å². The summed E-state index contributed by atoms with van der Waals surface area (Å²) in [7, 11) is 0. The van der Waals surface area contributed by atoms with Gasteiger partial charge in [-0.3, -0.25) is 0 Å². The van der Waals surface area contributed by atoms with Crippen molar-refractivity contribution in [2.75, 3.05) is 5.32 Å². The van der Waals surface area contributed by atoms with E-state index in [4.69, 9.17) is 0 Å². The zero-order valence-corrected chi connectivity index (χ0v) is 13.3. The topological polar surface area (TPSA) is 59.1 Å². The first-order valence-corrected chi connectivity index (χ1v) is 8.09. The van der Waals surface area contributed by atoms with E-state index in [9.17, 15) is 9.59 Å². The van der Waals surface area contributed by atoms with Crippen molar-refractivity contribution in [2.45, 2.75) is 26.2 Å². The van der Waals surface area contributed by atoms with Crippen LogP contribution >= 0.6 is 0 Å². The summed E-state index contributed by atoms with van der Waals surface area (Å²) in [5.74, 6) is -0.0968. The third-order valence-electron chi connectivity index (χ3n) is 3.03. The van der Waals surface area contributed by atoms with Crippen molar-refractivity contribution in [1.29, 1.82) is 0 Å². The molecule has 1 amide bonds. The van der Waals surface area contributed by atoms with E-state index >= 15 is 0 Å². The van der Waals surface area contributed by atoms with E-state index in [1.807, 2.05) is 49.1 Å². The summed E-state index contributed by atoms with van der Waals surface area (Å²) >= 11 is -0.0186. The average molecular weight is 335 g/mol. The molecule has 2 rings (SSSR count). The fourth-order valence-electron chi connectivity index (χ4n) is 1.84. The number of Topliss-reactive ketones (excluding diaryl/α,β-unsaturated/α-hetero) is 1.